The normalized spacial score (nSPS) is 13.3. The Kier molecular flexibility index (Phi) is 71.2. The number of likely N-dealkylation sites (N-methyl/N-ethyl adjacent to an activating group) is 1. The van der Waals surface area contributed by atoms with Crippen LogP contribution in [0, 0.1) is 0 Å². The molecule has 2 unspecified atom stereocenters. The second kappa shape index (κ2) is 73.0. The summed E-state index contributed by atoms with van der Waals surface area (Å²) in [6.45, 7) is 4.28. The Hall–Kier alpha value is -2.29. The summed E-state index contributed by atoms with van der Waals surface area (Å²) in [5.41, 5.74) is 0. The molecule has 0 aliphatic heterocycles. The molecule has 0 aliphatic rings. The van der Waals surface area contributed by atoms with Gasteiger partial charge in [-0.2, -0.15) is 0 Å². The van der Waals surface area contributed by atoms with Crippen LogP contribution in [0.1, 0.15) is 399 Å². The van der Waals surface area contributed by atoms with Gasteiger partial charge in [-0.1, -0.05) is 364 Å². The van der Waals surface area contributed by atoms with Gasteiger partial charge in [0, 0.05) is 12.8 Å². The van der Waals surface area contributed by atoms with Crippen LogP contribution in [-0.4, -0.2) is 70.0 Å². The van der Waals surface area contributed by atoms with Crippen molar-refractivity contribution in [1.29, 1.82) is 0 Å². The van der Waals surface area contributed by atoms with E-state index in [2.05, 4.69) is 74.6 Å². The van der Waals surface area contributed by atoms with E-state index in [0.29, 0.717) is 17.4 Å². The van der Waals surface area contributed by atoms with E-state index in [1.807, 2.05) is 21.1 Å². The molecule has 0 aromatic heterocycles. The van der Waals surface area contributed by atoms with Crippen LogP contribution in [-0.2, 0) is 32.7 Å². The Morgan fingerprint density at radius 3 is 0.870 bits per heavy atom. The van der Waals surface area contributed by atoms with E-state index in [9.17, 15) is 19.0 Å². The molecule has 0 saturated carbocycles. The maximum absolute atomic E-state index is 12.9. The minimum Gasteiger partial charge on any atom is -0.756 e. The molecule has 0 aromatic carbocycles. The lowest BCUT2D eigenvalue weighted by molar-refractivity contribution is -0.870. The van der Waals surface area contributed by atoms with E-state index < -0.39 is 26.5 Å². The van der Waals surface area contributed by atoms with E-state index in [0.717, 1.165) is 57.8 Å². The quantitative estimate of drug-likeness (QED) is 0.0195. The molecule has 0 bridgehead atoms. The van der Waals surface area contributed by atoms with Crippen molar-refractivity contribution >= 4 is 19.8 Å². The first-order chi connectivity index (χ1) is 45.0. The zero-order valence-corrected chi connectivity index (χ0v) is 62.7. The number of allylic oxidation sites excluding steroid dienone is 10. The summed E-state index contributed by atoms with van der Waals surface area (Å²) in [5.74, 6) is -0.812. The van der Waals surface area contributed by atoms with Gasteiger partial charge in [-0.25, -0.2) is 0 Å². The number of unbranched alkanes of at least 4 members (excludes halogenated alkanes) is 51. The zero-order valence-electron chi connectivity index (χ0n) is 61.8. The Morgan fingerprint density at radius 2 is 0.587 bits per heavy atom. The van der Waals surface area contributed by atoms with Crippen LogP contribution in [0.15, 0.2) is 60.8 Å². The van der Waals surface area contributed by atoms with Gasteiger partial charge in [0.05, 0.1) is 27.7 Å². The minimum absolute atomic E-state index is 0.0292. The molecule has 0 radical (unpaired) electrons. The van der Waals surface area contributed by atoms with Crippen LogP contribution in [0.25, 0.3) is 0 Å². The molecule has 0 saturated heterocycles. The summed E-state index contributed by atoms with van der Waals surface area (Å²) in [6.07, 6.45) is 97.7. The lowest BCUT2D eigenvalue weighted by atomic mass is 10.0. The monoisotopic (exact) mass is 1310 g/mol. The molecule has 9 nitrogen and oxygen atoms in total. The van der Waals surface area contributed by atoms with Gasteiger partial charge < -0.3 is 27.9 Å². The van der Waals surface area contributed by atoms with Crippen molar-refractivity contribution in [3.05, 3.63) is 60.8 Å². The maximum atomic E-state index is 12.9. The second-order valence-electron chi connectivity index (χ2n) is 28.4. The second-order valence-corrected chi connectivity index (χ2v) is 29.8. The number of rotatable bonds is 75. The third-order valence-corrected chi connectivity index (χ3v) is 19.0. The van der Waals surface area contributed by atoms with Gasteiger partial charge in [-0.3, -0.25) is 14.2 Å². The number of phosphoric acid groups is 1. The summed E-state index contributed by atoms with van der Waals surface area (Å²) in [7, 11) is 1.18. The summed E-state index contributed by atoms with van der Waals surface area (Å²) in [5, 5.41) is 0. The van der Waals surface area contributed by atoms with Crippen LogP contribution in [0.5, 0.6) is 0 Å². The van der Waals surface area contributed by atoms with Gasteiger partial charge in [-0.05, 0) is 83.5 Å². The van der Waals surface area contributed by atoms with Crippen molar-refractivity contribution in [1.82, 2.24) is 0 Å². The fourth-order valence-corrected chi connectivity index (χ4v) is 12.6. The van der Waals surface area contributed by atoms with Crippen molar-refractivity contribution in [2.45, 2.75) is 405 Å². The predicted octanol–water partition coefficient (Wildman–Crippen LogP) is 25.9. The van der Waals surface area contributed by atoms with Crippen LogP contribution in [0.3, 0.4) is 0 Å². The van der Waals surface area contributed by atoms with E-state index >= 15 is 0 Å². The van der Waals surface area contributed by atoms with Gasteiger partial charge in [0.25, 0.3) is 7.82 Å². The standard InChI is InChI=1S/C82H154NO8P/c1-6-8-10-12-14-16-18-20-22-24-26-28-30-32-34-36-38-39-40-41-42-43-45-46-48-50-52-54-56-58-60-62-64-66-68-70-72-74-81(84)88-78-80(79-90-92(86,87)89-77-76-83(3,4)5)91-82(85)75-73-71-69-67-65-63-61-59-57-55-53-51-49-47-44-37-35-33-31-29-27-25-23-21-19-17-15-13-11-9-7-2/h18-21,24-27,31,33,80H,6-17,22-23,28-30,32,34-79H2,1-5H3/b20-18-,21-19-,26-24-,27-25-,33-31-. The molecule has 0 aliphatic carbocycles. The Labute approximate surface area is 572 Å². The molecular weight excluding hydrogens is 1160 g/mol. The first-order valence-corrected chi connectivity index (χ1v) is 41.5. The lowest BCUT2D eigenvalue weighted by Gasteiger charge is -2.28. The summed E-state index contributed by atoms with van der Waals surface area (Å²) < 4.78 is 34.4. The first-order valence-electron chi connectivity index (χ1n) is 40.0. The number of hydrogen-bond acceptors (Lipinski definition) is 8. The third kappa shape index (κ3) is 76.7. The molecular formula is C82H154NO8P. The predicted molar refractivity (Wildman–Crippen MR) is 397 cm³/mol. The van der Waals surface area contributed by atoms with Gasteiger partial charge in [-0.15, -0.1) is 0 Å². The summed E-state index contributed by atoms with van der Waals surface area (Å²) in [4.78, 5) is 38.2. The topological polar surface area (TPSA) is 111 Å². The Morgan fingerprint density at radius 1 is 0.337 bits per heavy atom. The number of phosphoric ester groups is 1. The zero-order chi connectivity index (χ0) is 66.9. The average molecular weight is 1310 g/mol. The van der Waals surface area contributed by atoms with Gasteiger partial charge in [0.2, 0.25) is 0 Å². The van der Waals surface area contributed by atoms with E-state index in [1.54, 1.807) is 0 Å². The van der Waals surface area contributed by atoms with E-state index in [4.69, 9.17) is 18.5 Å². The minimum atomic E-state index is -4.64. The van der Waals surface area contributed by atoms with Crippen molar-refractivity contribution < 1.29 is 42.1 Å². The van der Waals surface area contributed by atoms with Crippen LogP contribution in [0.2, 0.25) is 0 Å². The van der Waals surface area contributed by atoms with Crippen molar-refractivity contribution in [2.75, 3.05) is 47.5 Å². The van der Waals surface area contributed by atoms with Crippen molar-refractivity contribution in [2.24, 2.45) is 0 Å². The number of nitrogens with zero attached hydrogens (tertiary/aromatic N) is 1. The molecule has 0 amide bonds. The van der Waals surface area contributed by atoms with Crippen LogP contribution >= 0.6 is 7.82 Å². The highest BCUT2D eigenvalue weighted by Gasteiger charge is 2.22. The molecule has 0 rings (SSSR count). The first kappa shape index (κ1) is 89.7. The summed E-state index contributed by atoms with van der Waals surface area (Å²) >= 11 is 0. The smallest absolute Gasteiger partial charge is 0.306 e. The molecule has 0 fully saturated rings. The Bertz CT molecular complexity index is 1740. The summed E-state index contributed by atoms with van der Waals surface area (Å²) in [6, 6.07) is 0. The fraction of sp³-hybridized carbons (Fsp3) is 0.854. The number of esters is 2. The highest BCUT2D eigenvalue weighted by Crippen LogP contribution is 2.38. The highest BCUT2D eigenvalue weighted by molar-refractivity contribution is 7.45. The largest absolute Gasteiger partial charge is 0.756 e. The van der Waals surface area contributed by atoms with E-state index in [-0.39, 0.29) is 32.0 Å². The third-order valence-electron chi connectivity index (χ3n) is 18.0. The fourth-order valence-electron chi connectivity index (χ4n) is 11.9. The molecule has 92 heavy (non-hydrogen) atoms. The number of hydrogen-bond donors (Lipinski definition) is 0. The molecule has 0 heterocycles. The molecule has 0 spiro atoms. The molecule has 0 N–H and O–H groups in total. The van der Waals surface area contributed by atoms with Crippen molar-refractivity contribution in [3.63, 3.8) is 0 Å². The van der Waals surface area contributed by atoms with Crippen LogP contribution in [0.4, 0.5) is 0 Å². The van der Waals surface area contributed by atoms with Crippen molar-refractivity contribution in [3.8, 4) is 0 Å². The van der Waals surface area contributed by atoms with Gasteiger partial charge >= 0.3 is 11.9 Å². The number of quaternary nitrogens is 1. The molecule has 540 valence electrons. The van der Waals surface area contributed by atoms with Gasteiger partial charge in [0.15, 0.2) is 6.10 Å². The number of carbonyl (C=O) groups is 2. The van der Waals surface area contributed by atoms with Gasteiger partial charge in [0.1, 0.15) is 19.8 Å². The maximum Gasteiger partial charge on any atom is 0.306 e. The number of carbonyl (C=O) groups excluding carboxylic acids is 2. The molecule has 10 heteroatoms. The highest BCUT2D eigenvalue weighted by atomic mass is 31.2. The Balaban J connectivity index is 3.92. The van der Waals surface area contributed by atoms with Crippen LogP contribution < -0.4 is 4.89 Å². The average Bonchev–Trinajstić information content (AvgIpc) is 2.14. The molecule has 2 atom stereocenters. The molecule has 0 aromatic rings. The van der Waals surface area contributed by atoms with E-state index in [1.165, 1.54) is 308 Å². The SMILES string of the molecule is CCCCCCC/C=C\C/C=C\C/C=C\CCCCCCCCCCCCCCCCCCC(=O)OC(COC(=O)CCCCCCCCCCCCCCCCCCCCCCCCCCC/C=C\C/C=C\CCCCCCC)COP(=O)([O-])OCC[N+](C)(C)C. The number of ether oxygens (including phenoxy) is 2. The lowest BCUT2D eigenvalue weighted by Crippen LogP contribution is -2.37.